The highest BCUT2D eigenvalue weighted by Crippen LogP contribution is 2.13. The maximum absolute atomic E-state index is 11.7. The number of nitrogens with one attached hydrogen (secondary N) is 1. The van der Waals surface area contributed by atoms with Gasteiger partial charge in [-0.1, -0.05) is 0 Å². The fourth-order valence-corrected chi connectivity index (χ4v) is 0.856. The normalized spacial score (nSPS) is 11.4. The van der Waals surface area contributed by atoms with E-state index in [2.05, 4.69) is 10.2 Å². The van der Waals surface area contributed by atoms with Crippen LogP contribution in [-0.4, -0.2) is 33.6 Å². The molecule has 1 heterocycles. The number of nitrogens with zero attached hydrogens (tertiary/aromatic N) is 2. The number of aromatic nitrogens is 2. The number of amides is 1. The number of aromatic amines is 1. The first-order chi connectivity index (χ1) is 5.93. The van der Waals surface area contributed by atoms with Crippen LogP contribution in [0.25, 0.3) is 0 Å². The van der Waals surface area contributed by atoms with Gasteiger partial charge in [-0.05, 0) is 26.8 Å². The van der Waals surface area contributed by atoms with Crippen LogP contribution in [0, 0.1) is 0 Å². The lowest BCUT2D eigenvalue weighted by Gasteiger charge is -2.31. The molecule has 0 aromatic carbocycles. The Labute approximate surface area is 77.9 Å². The van der Waals surface area contributed by atoms with Gasteiger partial charge in [0.2, 0.25) is 0 Å². The Bertz CT molecular complexity index is 284. The molecule has 0 aliphatic carbocycles. The van der Waals surface area contributed by atoms with Crippen molar-refractivity contribution in [1.29, 1.82) is 0 Å². The van der Waals surface area contributed by atoms with Crippen LogP contribution in [0.3, 0.4) is 0 Å². The monoisotopic (exact) mass is 181 g/mol. The minimum atomic E-state index is -0.171. The Balaban J connectivity index is 2.81. The number of hydrogen-bond donors (Lipinski definition) is 1. The molecule has 0 radical (unpaired) electrons. The summed E-state index contributed by atoms with van der Waals surface area (Å²) in [5.74, 6) is -0.0613. The zero-order chi connectivity index (χ0) is 10.1. The molecular weight excluding hydrogens is 166 g/mol. The van der Waals surface area contributed by atoms with Gasteiger partial charge in [-0.25, -0.2) is 0 Å². The van der Waals surface area contributed by atoms with Gasteiger partial charge in [0.25, 0.3) is 5.91 Å². The fourth-order valence-electron chi connectivity index (χ4n) is 0.856. The summed E-state index contributed by atoms with van der Waals surface area (Å²) in [5, 5.41) is 6.45. The van der Waals surface area contributed by atoms with E-state index in [4.69, 9.17) is 0 Å². The molecule has 4 heteroatoms. The average molecular weight is 181 g/mol. The molecule has 0 atom stereocenters. The predicted octanol–water partition coefficient (Wildman–Crippen LogP) is 1.28. The van der Waals surface area contributed by atoms with Crippen molar-refractivity contribution in [1.82, 2.24) is 15.1 Å². The van der Waals surface area contributed by atoms with Gasteiger partial charge in [-0.2, -0.15) is 5.10 Å². The summed E-state index contributed by atoms with van der Waals surface area (Å²) in [7, 11) is 1.77. The molecular formula is C9H15N3O. The van der Waals surface area contributed by atoms with Crippen molar-refractivity contribution in [2.75, 3.05) is 7.05 Å². The molecule has 1 N–H and O–H groups in total. The predicted molar refractivity (Wildman–Crippen MR) is 50.4 cm³/mol. The number of hydrogen-bond acceptors (Lipinski definition) is 2. The van der Waals surface area contributed by atoms with Gasteiger partial charge in [0.05, 0.1) is 0 Å². The third-order valence-electron chi connectivity index (χ3n) is 2.03. The summed E-state index contributed by atoms with van der Waals surface area (Å²) in [5.41, 5.74) is 0.285. The van der Waals surface area contributed by atoms with Crippen LogP contribution in [0.5, 0.6) is 0 Å². The molecule has 13 heavy (non-hydrogen) atoms. The minimum absolute atomic E-state index is 0.0613. The molecule has 4 nitrogen and oxygen atoms in total. The first-order valence-corrected chi connectivity index (χ1v) is 4.21. The Morgan fingerprint density at radius 2 is 2.15 bits per heavy atom. The highest BCUT2D eigenvalue weighted by Gasteiger charge is 2.24. The van der Waals surface area contributed by atoms with Gasteiger partial charge < -0.3 is 4.90 Å². The number of carbonyl (C=O) groups is 1. The zero-order valence-corrected chi connectivity index (χ0v) is 8.46. The molecule has 1 amide bonds. The Morgan fingerprint density at radius 1 is 1.54 bits per heavy atom. The molecule has 0 fully saturated rings. The lowest BCUT2D eigenvalue weighted by atomic mass is 10.1. The third kappa shape index (κ3) is 2.08. The number of rotatable bonds is 1. The topological polar surface area (TPSA) is 49.0 Å². The van der Waals surface area contributed by atoms with Gasteiger partial charge >= 0.3 is 0 Å². The van der Waals surface area contributed by atoms with Crippen molar-refractivity contribution in [2.45, 2.75) is 26.3 Å². The molecule has 72 valence electrons. The first kappa shape index (κ1) is 9.77. The second-order valence-electron chi connectivity index (χ2n) is 3.99. The standard InChI is InChI=1S/C9H15N3O/c1-9(2,3)12(4)8(13)7-5-6-10-11-7/h5-6H,1-4H3,(H,10,11). The van der Waals surface area contributed by atoms with Crippen LogP contribution >= 0.6 is 0 Å². The fraction of sp³-hybridized carbons (Fsp3) is 0.556. The summed E-state index contributed by atoms with van der Waals surface area (Å²) >= 11 is 0. The SMILES string of the molecule is CN(C(=O)c1cc[nH]n1)C(C)(C)C. The van der Waals surface area contributed by atoms with E-state index in [-0.39, 0.29) is 11.4 Å². The van der Waals surface area contributed by atoms with Crippen molar-refractivity contribution in [3.8, 4) is 0 Å². The lowest BCUT2D eigenvalue weighted by Crippen LogP contribution is -2.42. The van der Waals surface area contributed by atoms with Crippen molar-refractivity contribution in [3.05, 3.63) is 18.0 Å². The van der Waals surface area contributed by atoms with E-state index in [1.807, 2.05) is 20.8 Å². The van der Waals surface area contributed by atoms with Crippen LogP contribution in [0.4, 0.5) is 0 Å². The van der Waals surface area contributed by atoms with Gasteiger partial charge in [-0.15, -0.1) is 0 Å². The zero-order valence-electron chi connectivity index (χ0n) is 8.46. The van der Waals surface area contributed by atoms with Crippen molar-refractivity contribution in [2.24, 2.45) is 0 Å². The van der Waals surface area contributed by atoms with Crippen LogP contribution in [0.1, 0.15) is 31.3 Å². The minimum Gasteiger partial charge on any atom is -0.335 e. The quantitative estimate of drug-likeness (QED) is 0.709. The van der Waals surface area contributed by atoms with Crippen molar-refractivity contribution < 1.29 is 4.79 Å². The van der Waals surface area contributed by atoms with Gasteiger partial charge in [-0.3, -0.25) is 9.89 Å². The summed E-state index contributed by atoms with van der Waals surface area (Å²) in [6.07, 6.45) is 1.64. The molecule has 1 aromatic heterocycles. The molecule has 0 aliphatic rings. The van der Waals surface area contributed by atoms with E-state index in [9.17, 15) is 4.79 Å². The lowest BCUT2D eigenvalue weighted by molar-refractivity contribution is 0.0649. The summed E-state index contributed by atoms with van der Waals surface area (Å²) in [4.78, 5) is 13.4. The van der Waals surface area contributed by atoms with Gasteiger partial charge in [0.1, 0.15) is 5.69 Å². The molecule has 0 unspecified atom stereocenters. The van der Waals surface area contributed by atoms with Crippen LogP contribution < -0.4 is 0 Å². The summed E-state index contributed by atoms with van der Waals surface area (Å²) < 4.78 is 0. The van der Waals surface area contributed by atoms with Crippen LogP contribution in [-0.2, 0) is 0 Å². The molecule has 0 aliphatic heterocycles. The highest BCUT2D eigenvalue weighted by atomic mass is 16.2. The smallest absolute Gasteiger partial charge is 0.274 e. The largest absolute Gasteiger partial charge is 0.335 e. The summed E-state index contributed by atoms with van der Waals surface area (Å²) in [6.45, 7) is 5.95. The maximum atomic E-state index is 11.7. The number of carbonyl (C=O) groups excluding carboxylic acids is 1. The Kier molecular flexibility index (Phi) is 2.40. The van der Waals surface area contributed by atoms with E-state index in [1.165, 1.54) is 0 Å². The van der Waals surface area contributed by atoms with E-state index >= 15 is 0 Å². The van der Waals surface area contributed by atoms with Crippen molar-refractivity contribution >= 4 is 5.91 Å². The first-order valence-electron chi connectivity index (χ1n) is 4.21. The molecule has 0 saturated heterocycles. The summed E-state index contributed by atoms with van der Waals surface area (Å²) in [6, 6.07) is 1.67. The van der Waals surface area contributed by atoms with Gasteiger partial charge in [0.15, 0.2) is 0 Å². The molecule has 0 saturated carbocycles. The molecule has 1 aromatic rings. The average Bonchev–Trinajstić information content (AvgIpc) is 2.51. The maximum Gasteiger partial charge on any atom is 0.274 e. The van der Waals surface area contributed by atoms with E-state index in [0.717, 1.165) is 0 Å². The van der Waals surface area contributed by atoms with E-state index in [1.54, 1.807) is 24.2 Å². The third-order valence-corrected chi connectivity index (χ3v) is 2.03. The number of H-pyrrole nitrogens is 1. The van der Waals surface area contributed by atoms with E-state index in [0.29, 0.717) is 5.69 Å². The highest BCUT2D eigenvalue weighted by molar-refractivity contribution is 5.92. The Morgan fingerprint density at radius 3 is 2.54 bits per heavy atom. The molecule has 0 spiro atoms. The van der Waals surface area contributed by atoms with Crippen LogP contribution in [0.2, 0.25) is 0 Å². The van der Waals surface area contributed by atoms with Crippen LogP contribution in [0.15, 0.2) is 12.3 Å². The van der Waals surface area contributed by atoms with E-state index < -0.39 is 0 Å². The Hall–Kier alpha value is -1.32. The second kappa shape index (κ2) is 3.20. The van der Waals surface area contributed by atoms with Crippen molar-refractivity contribution in [3.63, 3.8) is 0 Å². The molecule has 1 rings (SSSR count). The second-order valence-corrected chi connectivity index (χ2v) is 3.99. The van der Waals surface area contributed by atoms with Gasteiger partial charge in [0, 0.05) is 18.8 Å². The molecule has 0 bridgehead atoms.